The molecule has 0 bridgehead atoms. The molecule has 0 spiro atoms. The highest BCUT2D eigenvalue weighted by atomic mass is 127. The minimum atomic E-state index is -0.784. The summed E-state index contributed by atoms with van der Waals surface area (Å²) in [5, 5.41) is 0. The van der Waals surface area contributed by atoms with Gasteiger partial charge in [0.15, 0.2) is 0 Å². The summed E-state index contributed by atoms with van der Waals surface area (Å²) in [5.41, 5.74) is 6.14. The molecule has 0 aliphatic rings. The fourth-order valence-corrected chi connectivity index (χ4v) is 2.64. The third kappa shape index (κ3) is 6.62. The van der Waals surface area contributed by atoms with Crippen molar-refractivity contribution in [3.63, 3.8) is 0 Å². The number of ether oxygens (including phenoxy) is 3. The summed E-state index contributed by atoms with van der Waals surface area (Å²) in [6, 6.07) is 7.89. The zero-order valence-electron chi connectivity index (χ0n) is 12.4. The molecule has 0 unspecified atom stereocenters. The molecular weight excluding hydrogens is 385 g/mol. The molecule has 2 N–H and O–H groups in total. The zero-order chi connectivity index (χ0) is 15.7. The van der Waals surface area contributed by atoms with Gasteiger partial charge in [0, 0.05) is 10.7 Å². The summed E-state index contributed by atoms with van der Waals surface area (Å²) in [6.45, 7) is 2.21. The lowest BCUT2D eigenvalue weighted by Gasteiger charge is -2.27. The Morgan fingerprint density at radius 1 is 1.43 bits per heavy atom. The first kappa shape index (κ1) is 18.2. The number of carbonyl (C=O) groups excluding carboxylic acids is 1. The van der Waals surface area contributed by atoms with E-state index in [0.717, 1.165) is 22.0 Å². The van der Waals surface area contributed by atoms with E-state index in [1.807, 2.05) is 24.3 Å². The van der Waals surface area contributed by atoms with Crippen LogP contribution in [0.4, 0.5) is 4.79 Å². The van der Waals surface area contributed by atoms with E-state index in [1.54, 1.807) is 7.11 Å². The Kier molecular flexibility index (Phi) is 8.63. The molecule has 0 heterocycles. The van der Waals surface area contributed by atoms with Gasteiger partial charge >= 0.3 is 6.09 Å². The quantitative estimate of drug-likeness (QED) is 0.502. The molecule has 5 nitrogen and oxygen atoms in total. The number of carbonyl (C=O) groups is 1. The van der Waals surface area contributed by atoms with Gasteiger partial charge in [-0.3, -0.25) is 0 Å². The molecular formula is C15H22INO4. The van der Waals surface area contributed by atoms with Crippen molar-refractivity contribution >= 4 is 28.7 Å². The number of benzene rings is 1. The van der Waals surface area contributed by atoms with Crippen LogP contribution in [-0.4, -0.2) is 26.1 Å². The highest BCUT2D eigenvalue weighted by Gasteiger charge is 2.27. The molecule has 0 saturated heterocycles. The second-order valence-electron chi connectivity index (χ2n) is 4.67. The average Bonchev–Trinajstić information content (AvgIpc) is 2.44. The predicted octanol–water partition coefficient (Wildman–Crippen LogP) is 3.61. The maximum atomic E-state index is 11.2. The SMILES string of the molecule is CCCC[C@H](OC(N)=O)[C@@H](OCOC)c1cccc(I)c1. The van der Waals surface area contributed by atoms with Crippen LogP contribution in [0, 0.1) is 3.57 Å². The van der Waals surface area contributed by atoms with Crippen molar-refractivity contribution in [2.45, 2.75) is 38.4 Å². The highest BCUT2D eigenvalue weighted by molar-refractivity contribution is 14.1. The standard InChI is InChI=1S/C15H22INO4/c1-3-4-8-13(21-15(17)18)14(20-10-19-2)11-6-5-7-12(16)9-11/h5-7,9,13-14H,3-4,8,10H2,1-2H3,(H2,17,18)/t13-,14-/m0/s1. The second-order valence-corrected chi connectivity index (χ2v) is 5.91. The normalized spacial score (nSPS) is 13.7. The molecule has 0 aromatic heterocycles. The van der Waals surface area contributed by atoms with Gasteiger partial charge in [-0.1, -0.05) is 25.5 Å². The summed E-state index contributed by atoms with van der Waals surface area (Å²) in [7, 11) is 1.56. The maximum Gasteiger partial charge on any atom is 0.404 e. The number of amides is 1. The van der Waals surface area contributed by atoms with Crippen LogP contribution in [0.3, 0.4) is 0 Å². The van der Waals surface area contributed by atoms with Gasteiger partial charge in [0.25, 0.3) is 0 Å². The second kappa shape index (κ2) is 9.97. The van der Waals surface area contributed by atoms with Gasteiger partial charge in [-0.25, -0.2) is 4.79 Å². The fraction of sp³-hybridized carbons (Fsp3) is 0.533. The highest BCUT2D eigenvalue weighted by Crippen LogP contribution is 2.28. The molecule has 0 radical (unpaired) electrons. The Morgan fingerprint density at radius 3 is 2.76 bits per heavy atom. The van der Waals surface area contributed by atoms with Gasteiger partial charge in [0.1, 0.15) is 19.0 Å². The molecule has 1 amide bonds. The van der Waals surface area contributed by atoms with Crippen LogP contribution in [0.1, 0.15) is 37.9 Å². The zero-order valence-corrected chi connectivity index (χ0v) is 14.5. The molecule has 0 aliphatic heterocycles. The number of primary amides is 1. The summed E-state index contributed by atoms with van der Waals surface area (Å²) in [6.07, 6.45) is 1.03. The van der Waals surface area contributed by atoms with Crippen LogP contribution < -0.4 is 5.73 Å². The number of hydrogen-bond donors (Lipinski definition) is 1. The third-order valence-electron chi connectivity index (χ3n) is 2.99. The van der Waals surface area contributed by atoms with Crippen molar-refractivity contribution in [1.82, 2.24) is 0 Å². The van der Waals surface area contributed by atoms with Crippen molar-refractivity contribution in [3.8, 4) is 0 Å². The lowest BCUT2D eigenvalue weighted by Crippen LogP contribution is -2.30. The van der Waals surface area contributed by atoms with Crippen molar-refractivity contribution in [2.75, 3.05) is 13.9 Å². The van der Waals surface area contributed by atoms with Crippen molar-refractivity contribution in [1.29, 1.82) is 0 Å². The Balaban J connectivity index is 2.96. The molecule has 1 aromatic carbocycles. The van der Waals surface area contributed by atoms with Crippen molar-refractivity contribution < 1.29 is 19.0 Å². The Labute approximate surface area is 139 Å². The van der Waals surface area contributed by atoms with Crippen molar-refractivity contribution in [2.24, 2.45) is 5.73 Å². The van der Waals surface area contributed by atoms with Crippen LogP contribution >= 0.6 is 22.6 Å². The molecule has 1 aromatic rings. The maximum absolute atomic E-state index is 11.2. The minimum absolute atomic E-state index is 0.126. The average molecular weight is 407 g/mol. The lowest BCUT2D eigenvalue weighted by atomic mass is 10.00. The summed E-state index contributed by atoms with van der Waals surface area (Å²) < 4.78 is 17.1. The molecule has 0 fully saturated rings. The third-order valence-corrected chi connectivity index (χ3v) is 3.66. The Bertz CT molecular complexity index is 441. The van der Waals surface area contributed by atoms with Gasteiger partial charge in [-0.05, 0) is 53.1 Å². The number of hydrogen-bond acceptors (Lipinski definition) is 4. The summed E-state index contributed by atoms with van der Waals surface area (Å²) in [5.74, 6) is 0. The van der Waals surface area contributed by atoms with Crippen LogP contribution in [0.2, 0.25) is 0 Å². The van der Waals surface area contributed by atoms with Crippen LogP contribution in [0.25, 0.3) is 0 Å². The number of nitrogens with two attached hydrogens (primary N) is 1. The van der Waals surface area contributed by atoms with E-state index in [-0.39, 0.29) is 6.79 Å². The first-order valence-electron chi connectivity index (χ1n) is 6.90. The smallest absolute Gasteiger partial charge is 0.404 e. The molecule has 0 saturated carbocycles. The lowest BCUT2D eigenvalue weighted by molar-refractivity contribution is -0.117. The van der Waals surface area contributed by atoms with E-state index in [9.17, 15) is 4.79 Å². The molecule has 21 heavy (non-hydrogen) atoms. The number of methoxy groups -OCH3 is 1. The minimum Gasteiger partial charge on any atom is -0.443 e. The van der Waals surface area contributed by atoms with E-state index in [2.05, 4.69) is 29.5 Å². The monoisotopic (exact) mass is 407 g/mol. The Morgan fingerprint density at radius 2 is 2.19 bits per heavy atom. The largest absolute Gasteiger partial charge is 0.443 e. The van der Waals surface area contributed by atoms with Gasteiger partial charge < -0.3 is 19.9 Å². The summed E-state index contributed by atoms with van der Waals surface area (Å²) in [4.78, 5) is 11.2. The molecule has 6 heteroatoms. The van der Waals surface area contributed by atoms with Gasteiger partial charge in [0.05, 0.1) is 0 Å². The number of rotatable bonds is 9. The van der Waals surface area contributed by atoms with Crippen LogP contribution in [0.5, 0.6) is 0 Å². The van der Waals surface area contributed by atoms with E-state index in [1.165, 1.54) is 0 Å². The van der Waals surface area contributed by atoms with E-state index < -0.39 is 18.3 Å². The van der Waals surface area contributed by atoms with Gasteiger partial charge in [0.2, 0.25) is 0 Å². The molecule has 1 rings (SSSR count). The molecule has 2 atom stereocenters. The van der Waals surface area contributed by atoms with E-state index in [4.69, 9.17) is 19.9 Å². The topological polar surface area (TPSA) is 70.8 Å². The van der Waals surface area contributed by atoms with Crippen molar-refractivity contribution in [3.05, 3.63) is 33.4 Å². The molecule has 118 valence electrons. The summed E-state index contributed by atoms with van der Waals surface area (Å²) >= 11 is 2.23. The first-order chi connectivity index (χ1) is 10.1. The van der Waals surface area contributed by atoms with Crippen LogP contribution in [-0.2, 0) is 14.2 Å². The molecule has 0 aliphatic carbocycles. The van der Waals surface area contributed by atoms with Crippen LogP contribution in [0.15, 0.2) is 24.3 Å². The van der Waals surface area contributed by atoms with Gasteiger partial charge in [-0.15, -0.1) is 0 Å². The Hall–Kier alpha value is -0.860. The number of unbranched alkanes of at least 4 members (excludes halogenated alkanes) is 1. The predicted molar refractivity (Wildman–Crippen MR) is 88.8 cm³/mol. The van der Waals surface area contributed by atoms with Gasteiger partial charge in [-0.2, -0.15) is 0 Å². The van der Waals surface area contributed by atoms with E-state index in [0.29, 0.717) is 6.42 Å². The first-order valence-corrected chi connectivity index (χ1v) is 7.98. The van der Waals surface area contributed by atoms with E-state index >= 15 is 0 Å². The fourth-order valence-electron chi connectivity index (χ4n) is 2.07. The number of halogens is 1.